The second-order valence-corrected chi connectivity index (χ2v) is 8.06. The molecule has 0 aromatic heterocycles. The van der Waals surface area contributed by atoms with Crippen LogP contribution >= 0.6 is 11.8 Å². The summed E-state index contributed by atoms with van der Waals surface area (Å²) in [6.45, 7) is 3.98. The lowest BCUT2D eigenvalue weighted by Crippen LogP contribution is -2.52. The Bertz CT molecular complexity index is 735. The molecule has 1 saturated heterocycles. The fourth-order valence-corrected chi connectivity index (χ4v) is 3.29. The van der Waals surface area contributed by atoms with Gasteiger partial charge in [-0.05, 0) is 38.3 Å². The number of nitrogens with zero attached hydrogens (tertiary/aromatic N) is 2. The van der Waals surface area contributed by atoms with Gasteiger partial charge in [-0.2, -0.15) is 5.26 Å². The first-order valence-corrected chi connectivity index (χ1v) is 9.98. The Morgan fingerprint density at radius 3 is 2.85 bits per heavy atom. The van der Waals surface area contributed by atoms with E-state index < -0.39 is 17.8 Å². The van der Waals surface area contributed by atoms with Gasteiger partial charge in [-0.25, -0.2) is 4.39 Å². The first-order chi connectivity index (χ1) is 12.8. The Labute approximate surface area is 163 Å². The first kappa shape index (κ1) is 21.2. The molecule has 2 amide bonds. The molecule has 27 heavy (non-hydrogen) atoms. The van der Waals surface area contributed by atoms with E-state index in [1.165, 1.54) is 4.90 Å². The molecule has 0 radical (unpaired) electrons. The number of alkyl halides is 1. The highest BCUT2D eigenvalue weighted by atomic mass is 32.2. The van der Waals surface area contributed by atoms with Crippen LogP contribution in [0.2, 0.25) is 0 Å². The van der Waals surface area contributed by atoms with E-state index in [0.29, 0.717) is 12.1 Å². The van der Waals surface area contributed by atoms with Gasteiger partial charge in [0.15, 0.2) is 0 Å². The number of hydrogen-bond acceptors (Lipinski definition) is 5. The van der Waals surface area contributed by atoms with Crippen LogP contribution in [-0.4, -0.2) is 60.4 Å². The van der Waals surface area contributed by atoms with Crippen molar-refractivity contribution in [1.29, 1.82) is 5.26 Å². The van der Waals surface area contributed by atoms with Crippen LogP contribution in [0.1, 0.15) is 30.6 Å². The molecule has 146 valence electrons. The van der Waals surface area contributed by atoms with E-state index in [1.54, 1.807) is 17.8 Å². The molecule has 2 atom stereocenters. The fraction of sp³-hybridized carbons (Fsp3) is 0.526. The highest BCUT2D eigenvalue weighted by molar-refractivity contribution is 7.98. The molecule has 1 fully saturated rings. The number of rotatable bonds is 7. The molecule has 0 spiro atoms. The number of thioether (sulfide) groups is 1. The van der Waals surface area contributed by atoms with Gasteiger partial charge in [0, 0.05) is 29.0 Å². The Morgan fingerprint density at radius 2 is 2.19 bits per heavy atom. The minimum Gasteiger partial charge on any atom is -0.350 e. The number of amides is 2. The maximum absolute atomic E-state index is 13.5. The number of benzene rings is 1. The van der Waals surface area contributed by atoms with Gasteiger partial charge in [0.25, 0.3) is 5.91 Å². The summed E-state index contributed by atoms with van der Waals surface area (Å²) in [5, 5.41) is 15.0. The highest BCUT2D eigenvalue weighted by Crippen LogP contribution is 2.20. The Kier molecular flexibility index (Phi) is 7.22. The molecule has 1 heterocycles. The summed E-state index contributed by atoms with van der Waals surface area (Å²) in [5.74, 6) is -0.495. The summed E-state index contributed by atoms with van der Waals surface area (Å²) in [5.41, 5.74) is 0.0380. The van der Waals surface area contributed by atoms with Crippen LogP contribution in [-0.2, 0) is 4.79 Å². The number of hydrogen-bond donors (Lipinski definition) is 2. The normalized spacial score (nSPS) is 19.6. The first-order valence-electron chi connectivity index (χ1n) is 8.76. The Balaban J connectivity index is 1.84. The summed E-state index contributed by atoms with van der Waals surface area (Å²) in [7, 11) is 0. The molecule has 0 aliphatic carbocycles. The van der Waals surface area contributed by atoms with Gasteiger partial charge in [0.1, 0.15) is 12.2 Å². The van der Waals surface area contributed by atoms with Crippen molar-refractivity contribution < 1.29 is 14.0 Å². The molecule has 1 aromatic carbocycles. The molecular formula is C19H25FN4O2S. The van der Waals surface area contributed by atoms with Crippen molar-refractivity contribution in [2.45, 2.75) is 42.9 Å². The molecule has 2 N–H and O–H groups in total. The zero-order chi connectivity index (χ0) is 20.0. The zero-order valence-electron chi connectivity index (χ0n) is 15.8. The topological polar surface area (TPSA) is 85.2 Å². The van der Waals surface area contributed by atoms with Gasteiger partial charge < -0.3 is 15.5 Å². The molecule has 2 unspecified atom stereocenters. The minimum absolute atomic E-state index is 0.0181. The number of nitriles is 1. The maximum atomic E-state index is 13.5. The highest BCUT2D eigenvalue weighted by Gasteiger charge is 2.35. The van der Waals surface area contributed by atoms with Crippen LogP contribution in [0.25, 0.3) is 0 Å². The van der Waals surface area contributed by atoms with Crippen molar-refractivity contribution >= 4 is 23.6 Å². The van der Waals surface area contributed by atoms with Gasteiger partial charge in [-0.15, -0.1) is 11.8 Å². The van der Waals surface area contributed by atoms with E-state index in [2.05, 4.69) is 10.6 Å². The second kappa shape index (κ2) is 9.20. The lowest BCUT2D eigenvalue weighted by atomic mass is 10.1. The fourth-order valence-electron chi connectivity index (χ4n) is 2.83. The van der Waals surface area contributed by atoms with Gasteiger partial charge in [0.05, 0.1) is 19.2 Å². The molecule has 8 heteroatoms. The summed E-state index contributed by atoms with van der Waals surface area (Å²) >= 11 is 1.57. The van der Waals surface area contributed by atoms with Gasteiger partial charge in [-0.3, -0.25) is 9.59 Å². The van der Waals surface area contributed by atoms with Crippen molar-refractivity contribution in [3.8, 4) is 6.07 Å². The minimum atomic E-state index is -1.15. The largest absolute Gasteiger partial charge is 0.350 e. The molecule has 2 rings (SSSR count). The van der Waals surface area contributed by atoms with Crippen molar-refractivity contribution in [3.05, 3.63) is 29.8 Å². The summed E-state index contributed by atoms with van der Waals surface area (Å²) in [6.07, 6.45) is 0.864. The Hall–Kier alpha value is -2.11. The molecule has 6 nitrogen and oxygen atoms in total. The predicted molar refractivity (Wildman–Crippen MR) is 103 cm³/mol. The Morgan fingerprint density at radius 1 is 1.44 bits per heavy atom. The lowest BCUT2D eigenvalue weighted by molar-refractivity contribution is -0.130. The third-order valence-electron chi connectivity index (χ3n) is 4.46. The SMILES string of the molecule is CSc1cccc(C(=O)NCC(C)(C)NCC(=O)N2CC(F)CC2C#N)c1. The number of halogens is 1. The molecule has 1 aromatic rings. The molecule has 1 aliphatic rings. The smallest absolute Gasteiger partial charge is 0.251 e. The van der Waals surface area contributed by atoms with Crippen LogP contribution in [0.15, 0.2) is 29.2 Å². The van der Waals surface area contributed by atoms with E-state index in [1.807, 2.05) is 44.4 Å². The number of nitrogens with one attached hydrogen (secondary N) is 2. The summed E-state index contributed by atoms with van der Waals surface area (Å²) in [4.78, 5) is 26.9. The van der Waals surface area contributed by atoms with E-state index in [4.69, 9.17) is 5.26 Å². The lowest BCUT2D eigenvalue weighted by Gasteiger charge is -2.28. The zero-order valence-corrected chi connectivity index (χ0v) is 16.6. The number of carbonyl (C=O) groups is 2. The van der Waals surface area contributed by atoms with Crippen molar-refractivity contribution in [1.82, 2.24) is 15.5 Å². The average molecular weight is 393 g/mol. The maximum Gasteiger partial charge on any atom is 0.251 e. The summed E-state index contributed by atoms with van der Waals surface area (Å²) < 4.78 is 13.5. The van der Waals surface area contributed by atoms with Crippen LogP contribution in [0.3, 0.4) is 0 Å². The van der Waals surface area contributed by atoms with Crippen LogP contribution in [0, 0.1) is 11.3 Å². The average Bonchev–Trinajstić information content (AvgIpc) is 3.05. The standard InChI is InChI=1S/C19H25FN4O2S/c1-19(2,12-22-18(26)13-5-4-6-16(7-13)27-3)23-10-17(25)24-11-14(20)8-15(24)9-21/h4-7,14-15,23H,8,10-12H2,1-3H3,(H,22,26). The number of likely N-dealkylation sites (tertiary alicyclic amines) is 1. The quantitative estimate of drug-likeness (QED) is 0.693. The van der Waals surface area contributed by atoms with Crippen LogP contribution < -0.4 is 10.6 Å². The second-order valence-electron chi connectivity index (χ2n) is 7.18. The molecule has 0 bridgehead atoms. The predicted octanol–water partition coefficient (Wildman–Crippen LogP) is 1.97. The van der Waals surface area contributed by atoms with Gasteiger partial charge in [-0.1, -0.05) is 6.07 Å². The van der Waals surface area contributed by atoms with Crippen molar-refractivity contribution in [3.63, 3.8) is 0 Å². The molecule has 0 saturated carbocycles. The summed E-state index contributed by atoms with van der Waals surface area (Å²) in [6, 6.07) is 8.61. The van der Waals surface area contributed by atoms with Crippen molar-refractivity contribution in [2.24, 2.45) is 0 Å². The van der Waals surface area contributed by atoms with Crippen molar-refractivity contribution in [2.75, 3.05) is 25.9 Å². The molecular weight excluding hydrogens is 367 g/mol. The van der Waals surface area contributed by atoms with E-state index in [9.17, 15) is 14.0 Å². The van der Waals surface area contributed by atoms with Crippen LogP contribution in [0.5, 0.6) is 0 Å². The monoisotopic (exact) mass is 392 g/mol. The van der Waals surface area contributed by atoms with Gasteiger partial charge >= 0.3 is 0 Å². The third-order valence-corrected chi connectivity index (χ3v) is 5.19. The van der Waals surface area contributed by atoms with E-state index in [0.717, 1.165) is 4.90 Å². The number of carbonyl (C=O) groups excluding carboxylic acids is 2. The van der Waals surface area contributed by atoms with E-state index in [-0.39, 0.29) is 31.3 Å². The molecule has 1 aliphatic heterocycles. The van der Waals surface area contributed by atoms with E-state index >= 15 is 0 Å². The van der Waals surface area contributed by atoms with Gasteiger partial charge in [0.2, 0.25) is 5.91 Å². The van der Waals surface area contributed by atoms with Crippen LogP contribution in [0.4, 0.5) is 4.39 Å². The third kappa shape index (κ3) is 5.94.